The van der Waals surface area contributed by atoms with E-state index in [1.54, 1.807) is 6.33 Å². The lowest BCUT2D eigenvalue weighted by atomic mass is 9.93. The summed E-state index contributed by atoms with van der Waals surface area (Å²) in [6.07, 6.45) is 12.0. The molecular weight excluding hydrogens is 376 g/mol. The molecule has 6 nitrogen and oxygen atoms in total. The lowest BCUT2D eigenvalue weighted by Crippen LogP contribution is -2.44. The summed E-state index contributed by atoms with van der Waals surface area (Å²) in [6, 6.07) is 11.9. The minimum absolute atomic E-state index is 0.105. The lowest BCUT2D eigenvalue weighted by molar-refractivity contribution is -0.126. The molecule has 0 spiro atoms. The van der Waals surface area contributed by atoms with E-state index in [-0.39, 0.29) is 11.8 Å². The summed E-state index contributed by atoms with van der Waals surface area (Å²) in [5.41, 5.74) is 0. The molecule has 0 unspecified atom stereocenters. The van der Waals surface area contributed by atoms with Crippen LogP contribution in [0.15, 0.2) is 42.7 Å². The number of rotatable bonds is 5. The van der Waals surface area contributed by atoms with Gasteiger partial charge >= 0.3 is 0 Å². The molecule has 1 aliphatic carbocycles. The standard InChI is InChI=1S/C24H32N4O2/c29-24(27-20-9-5-2-1-3-6-10-20)19-13-15-28(16-14-19)22-17-23(26-18-25-22)30-21-11-7-4-8-12-21/h4,7-8,11-12,17-20H,1-3,5-6,9-10,13-16H2,(H,27,29). The molecular formula is C24H32N4O2. The fourth-order valence-electron chi connectivity index (χ4n) is 4.46. The number of carbonyl (C=O) groups excluding carboxylic acids is 1. The quantitative estimate of drug-likeness (QED) is 0.776. The Kier molecular flexibility index (Phi) is 7.16. The zero-order valence-corrected chi connectivity index (χ0v) is 17.6. The number of amides is 1. The molecule has 2 fully saturated rings. The zero-order valence-electron chi connectivity index (χ0n) is 17.6. The van der Waals surface area contributed by atoms with Gasteiger partial charge in [-0.25, -0.2) is 9.97 Å². The Morgan fingerprint density at radius 2 is 1.63 bits per heavy atom. The number of anilines is 1. The minimum atomic E-state index is 0.105. The molecule has 1 amide bonds. The van der Waals surface area contributed by atoms with Crippen LogP contribution in [0, 0.1) is 5.92 Å². The van der Waals surface area contributed by atoms with Crippen molar-refractivity contribution >= 4 is 11.7 Å². The monoisotopic (exact) mass is 408 g/mol. The second-order valence-electron chi connectivity index (χ2n) is 8.44. The third kappa shape index (κ3) is 5.71. The number of aromatic nitrogens is 2. The number of benzene rings is 1. The van der Waals surface area contributed by atoms with Crippen LogP contribution in [-0.4, -0.2) is 35.0 Å². The number of carbonyl (C=O) groups is 1. The summed E-state index contributed by atoms with van der Waals surface area (Å²) in [6.45, 7) is 1.65. The summed E-state index contributed by atoms with van der Waals surface area (Å²) in [4.78, 5) is 23.7. The summed E-state index contributed by atoms with van der Waals surface area (Å²) in [5.74, 6) is 2.50. The Bertz CT molecular complexity index is 798. The van der Waals surface area contributed by atoms with E-state index in [9.17, 15) is 4.79 Å². The Morgan fingerprint density at radius 1 is 0.933 bits per heavy atom. The number of nitrogens with zero attached hydrogens (tertiary/aromatic N) is 3. The van der Waals surface area contributed by atoms with E-state index in [1.807, 2.05) is 36.4 Å². The van der Waals surface area contributed by atoms with Gasteiger partial charge in [0, 0.05) is 31.1 Å². The van der Waals surface area contributed by atoms with Crippen molar-refractivity contribution in [2.75, 3.05) is 18.0 Å². The van der Waals surface area contributed by atoms with Gasteiger partial charge in [-0.15, -0.1) is 0 Å². The molecule has 0 bridgehead atoms. The van der Waals surface area contributed by atoms with Crippen LogP contribution < -0.4 is 15.0 Å². The average Bonchev–Trinajstić information content (AvgIpc) is 2.76. The van der Waals surface area contributed by atoms with Crippen molar-refractivity contribution in [3.8, 4) is 11.6 Å². The highest BCUT2D eigenvalue weighted by molar-refractivity contribution is 5.79. The van der Waals surface area contributed by atoms with Crippen molar-refractivity contribution in [3.05, 3.63) is 42.7 Å². The van der Waals surface area contributed by atoms with E-state index >= 15 is 0 Å². The first-order chi connectivity index (χ1) is 14.8. The summed E-state index contributed by atoms with van der Waals surface area (Å²) in [7, 11) is 0. The summed E-state index contributed by atoms with van der Waals surface area (Å²) in [5, 5.41) is 3.34. The molecule has 30 heavy (non-hydrogen) atoms. The van der Waals surface area contributed by atoms with E-state index in [1.165, 1.54) is 32.1 Å². The first kappa shape index (κ1) is 20.6. The molecule has 6 heteroatoms. The van der Waals surface area contributed by atoms with Gasteiger partial charge in [0.25, 0.3) is 0 Å². The van der Waals surface area contributed by atoms with Gasteiger partial charge < -0.3 is 15.0 Å². The van der Waals surface area contributed by atoms with Crippen LogP contribution >= 0.6 is 0 Å². The van der Waals surface area contributed by atoms with Gasteiger partial charge in [0.1, 0.15) is 17.9 Å². The third-order valence-corrected chi connectivity index (χ3v) is 6.23. The van der Waals surface area contributed by atoms with Gasteiger partial charge in [-0.1, -0.05) is 50.3 Å². The van der Waals surface area contributed by atoms with Gasteiger partial charge in [0.05, 0.1) is 0 Å². The number of ether oxygens (including phenoxy) is 1. The molecule has 1 N–H and O–H groups in total. The number of piperidine rings is 1. The van der Waals surface area contributed by atoms with E-state index in [4.69, 9.17) is 4.74 Å². The minimum Gasteiger partial charge on any atom is -0.439 e. The molecule has 1 saturated carbocycles. The molecule has 1 aromatic heterocycles. The molecule has 1 aliphatic heterocycles. The molecule has 4 rings (SSSR count). The van der Waals surface area contributed by atoms with Crippen molar-refractivity contribution in [1.82, 2.24) is 15.3 Å². The molecule has 160 valence electrons. The number of hydrogen-bond donors (Lipinski definition) is 1. The van der Waals surface area contributed by atoms with E-state index in [2.05, 4.69) is 20.2 Å². The first-order valence-electron chi connectivity index (χ1n) is 11.4. The highest BCUT2D eigenvalue weighted by Crippen LogP contribution is 2.26. The van der Waals surface area contributed by atoms with Crippen molar-refractivity contribution in [2.45, 2.75) is 63.8 Å². The topological polar surface area (TPSA) is 67.4 Å². The first-order valence-corrected chi connectivity index (χ1v) is 11.4. The maximum absolute atomic E-state index is 12.8. The maximum Gasteiger partial charge on any atom is 0.224 e. The van der Waals surface area contributed by atoms with Crippen LogP contribution in [0.2, 0.25) is 0 Å². The van der Waals surface area contributed by atoms with Crippen molar-refractivity contribution < 1.29 is 9.53 Å². The van der Waals surface area contributed by atoms with E-state index in [0.29, 0.717) is 11.9 Å². The molecule has 0 atom stereocenters. The van der Waals surface area contributed by atoms with E-state index in [0.717, 1.165) is 50.3 Å². The van der Waals surface area contributed by atoms with Gasteiger partial charge in [-0.3, -0.25) is 4.79 Å². The SMILES string of the molecule is O=C(NC1CCCCCCC1)C1CCN(c2cc(Oc3ccccc3)ncn2)CC1. The lowest BCUT2D eigenvalue weighted by Gasteiger charge is -2.33. The highest BCUT2D eigenvalue weighted by atomic mass is 16.5. The summed E-state index contributed by atoms with van der Waals surface area (Å²) < 4.78 is 5.83. The molecule has 2 heterocycles. The number of nitrogens with one attached hydrogen (secondary N) is 1. The van der Waals surface area contributed by atoms with Crippen molar-refractivity contribution in [3.63, 3.8) is 0 Å². The molecule has 2 aliphatic rings. The second kappa shape index (κ2) is 10.4. The fourth-order valence-corrected chi connectivity index (χ4v) is 4.46. The fraction of sp³-hybridized carbons (Fsp3) is 0.542. The third-order valence-electron chi connectivity index (χ3n) is 6.23. The van der Waals surface area contributed by atoms with E-state index < -0.39 is 0 Å². The van der Waals surface area contributed by atoms with Gasteiger partial charge in [0.15, 0.2) is 0 Å². The Balaban J connectivity index is 1.28. The molecule has 0 radical (unpaired) electrons. The molecule has 1 saturated heterocycles. The second-order valence-corrected chi connectivity index (χ2v) is 8.44. The largest absolute Gasteiger partial charge is 0.439 e. The summed E-state index contributed by atoms with van der Waals surface area (Å²) >= 11 is 0. The predicted octanol–water partition coefficient (Wildman–Crippen LogP) is 4.71. The Labute approximate surface area is 179 Å². The van der Waals surface area contributed by atoms with Gasteiger partial charge in [0.2, 0.25) is 11.8 Å². The van der Waals surface area contributed by atoms with Crippen LogP contribution in [0.1, 0.15) is 57.8 Å². The Hall–Kier alpha value is -2.63. The molecule has 2 aromatic rings. The van der Waals surface area contributed by atoms with Crippen LogP contribution in [0.5, 0.6) is 11.6 Å². The van der Waals surface area contributed by atoms with Gasteiger partial charge in [-0.05, 0) is 37.8 Å². The maximum atomic E-state index is 12.8. The number of hydrogen-bond acceptors (Lipinski definition) is 5. The predicted molar refractivity (Wildman–Crippen MR) is 118 cm³/mol. The van der Waals surface area contributed by atoms with Gasteiger partial charge in [-0.2, -0.15) is 0 Å². The van der Waals surface area contributed by atoms with Crippen LogP contribution in [0.3, 0.4) is 0 Å². The smallest absolute Gasteiger partial charge is 0.224 e. The van der Waals surface area contributed by atoms with Crippen LogP contribution in [0.4, 0.5) is 5.82 Å². The van der Waals surface area contributed by atoms with Crippen molar-refractivity contribution in [2.24, 2.45) is 5.92 Å². The number of para-hydroxylation sites is 1. The molecule has 1 aromatic carbocycles. The normalized spacial score (nSPS) is 19.0. The van der Waals surface area contributed by atoms with Crippen LogP contribution in [0.25, 0.3) is 0 Å². The Morgan fingerprint density at radius 3 is 2.37 bits per heavy atom. The average molecular weight is 409 g/mol. The van der Waals surface area contributed by atoms with Crippen molar-refractivity contribution in [1.29, 1.82) is 0 Å². The highest BCUT2D eigenvalue weighted by Gasteiger charge is 2.27. The zero-order chi connectivity index (χ0) is 20.6. The van der Waals surface area contributed by atoms with Crippen LogP contribution in [-0.2, 0) is 4.79 Å².